The summed E-state index contributed by atoms with van der Waals surface area (Å²) in [5.74, 6) is -0.257. The van der Waals surface area contributed by atoms with E-state index in [1.165, 1.54) is 6.42 Å². The molecule has 1 aromatic heterocycles. The summed E-state index contributed by atoms with van der Waals surface area (Å²) in [6, 6.07) is 1.67. The van der Waals surface area contributed by atoms with Gasteiger partial charge >= 0.3 is 0 Å². The fraction of sp³-hybridized carbons (Fsp3) is 0.615. The number of aryl methyl sites for hydroxylation is 1. The molecule has 0 bridgehead atoms. The Morgan fingerprint density at radius 3 is 2.88 bits per heavy atom. The quantitative estimate of drug-likeness (QED) is 0.856. The normalized spacial score (nSPS) is 17.6. The maximum absolute atomic E-state index is 13.6. The van der Waals surface area contributed by atoms with Crippen molar-refractivity contribution in [1.29, 1.82) is 0 Å². The monoisotopic (exact) mass is 238 g/mol. The fourth-order valence-electron chi connectivity index (χ4n) is 2.24. The van der Waals surface area contributed by atoms with Crippen LogP contribution in [0, 0.1) is 12.7 Å². The van der Waals surface area contributed by atoms with Gasteiger partial charge < -0.3 is 10.1 Å². The highest BCUT2D eigenvalue weighted by Crippen LogP contribution is 2.37. The third kappa shape index (κ3) is 2.57. The van der Waals surface area contributed by atoms with Crippen LogP contribution in [0.3, 0.4) is 0 Å². The van der Waals surface area contributed by atoms with Crippen LogP contribution in [0.2, 0.25) is 0 Å². The first kappa shape index (κ1) is 12.3. The number of hydrogen-bond acceptors (Lipinski definition) is 3. The Balaban J connectivity index is 1.88. The first-order valence-corrected chi connectivity index (χ1v) is 6.07. The summed E-state index contributed by atoms with van der Waals surface area (Å²) in [6.07, 6.45) is 6.00. The Hall–Kier alpha value is -1.16. The van der Waals surface area contributed by atoms with Crippen molar-refractivity contribution in [3.05, 3.63) is 23.8 Å². The van der Waals surface area contributed by atoms with Crippen molar-refractivity contribution in [2.45, 2.75) is 38.2 Å². The number of aromatic nitrogens is 1. The van der Waals surface area contributed by atoms with Crippen molar-refractivity contribution in [2.24, 2.45) is 0 Å². The molecule has 0 atom stereocenters. The van der Waals surface area contributed by atoms with Crippen LogP contribution < -0.4 is 5.32 Å². The molecule has 0 aromatic carbocycles. The van der Waals surface area contributed by atoms with Gasteiger partial charge in [-0.3, -0.25) is 4.98 Å². The minimum atomic E-state index is -0.257. The van der Waals surface area contributed by atoms with Gasteiger partial charge in [-0.25, -0.2) is 4.39 Å². The van der Waals surface area contributed by atoms with E-state index in [1.807, 2.05) is 0 Å². The molecule has 1 saturated carbocycles. The van der Waals surface area contributed by atoms with Gasteiger partial charge in [-0.15, -0.1) is 0 Å². The number of nitrogens with zero attached hydrogens (tertiary/aromatic N) is 1. The molecule has 1 fully saturated rings. The summed E-state index contributed by atoms with van der Waals surface area (Å²) >= 11 is 0. The second-order valence-electron chi connectivity index (χ2n) is 4.68. The Morgan fingerprint density at radius 2 is 2.29 bits per heavy atom. The van der Waals surface area contributed by atoms with Crippen molar-refractivity contribution < 1.29 is 9.13 Å². The lowest BCUT2D eigenvalue weighted by atomic mass is 9.77. The number of hydrogen-bond donors (Lipinski definition) is 1. The minimum Gasteiger partial charge on any atom is -0.382 e. The molecule has 1 aromatic rings. The number of anilines is 1. The van der Waals surface area contributed by atoms with E-state index in [0.29, 0.717) is 11.4 Å². The highest BCUT2D eigenvalue weighted by atomic mass is 19.1. The zero-order chi connectivity index (χ0) is 12.3. The standard InChI is InChI=1S/C13H19FN2O/c1-10-12(14)11(4-8-15-10)16-9-7-13(17-2)5-3-6-13/h4,8H,3,5-7,9H2,1-2H3,(H,15,16). The maximum atomic E-state index is 13.6. The third-order valence-electron chi connectivity index (χ3n) is 3.66. The molecular formula is C13H19FN2O. The van der Waals surface area contributed by atoms with E-state index in [9.17, 15) is 4.39 Å². The van der Waals surface area contributed by atoms with Crippen LogP contribution in [0.5, 0.6) is 0 Å². The number of ether oxygens (including phenoxy) is 1. The average molecular weight is 238 g/mol. The summed E-state index contributed by atoms with van der Waals surface area (Å²) in [5.41, 5.74) is 0.995. The summed E-state index contributed by atoms with van der Waals surface area (Å²) in [6.45, 7) is 2.40. The molecule has 1 N–H and O–H groups in total. The molecule has 0 unspecified atom stereocenters. The first-order valence-electron chi connectivity index (χ1n) is 6.07. The molecule has 0 saturated heterocycles. The van der Waals surface area contributed by atoms with E-state index in [1.54, 1.807) is 26.3 Å². The van der Waals surface area contributed by atoms with Gasteiger partial charge in [-0.2, -0.15) is 0 Å². The lowest BCUT2D eigenvalue weighted by molar-refractivity contribution is -0.0748. The van der Waals surface area contributed by atoms with Gasteiger partial charge in [0.25, 0.3) is 0 Å². The summed E-state index contributed by atoms with van der Waals surface area (Å²) in [4.78, 5) is 3.90. The Morgan fingerprint density at radius 1 is 1.53 bits per heavy atom. The van der Waals surface area contributed by atoms with E-state index in [4.69, 9.17) is 4.74 Å². The topological polar surface area (TPSA) is 34.1 Å². The van der Waals surface area contributed by atoms with Gasteiger partial charge in [-0.1, -0.05) is 0 Å². The van der Waals surface area contributed by atoms with Gasteiger partial charge in [0.1, 0.15) is 0 Å². The van der Waals surface area contributed by atoms with Gasteiger partial charge in [0.15, 0.2) is 5.82 Å². The maximum Gasteiger partial charge on any atom is 0.167 e. The van der Waals surface area contributed by atoms with E-state index in [2.05, 4.69) is 10.3 Å². The zero-order valence-electron chi connectivity index (χ0n) is 10.4. The third-order valence-corrected chi connectivity index (χ3v) is 3.66. The molecule has 1 aliphatic carbocycles. The van der Waals surface area contributed by atoms with E-state index in [-0.39, 0.29) is 11.4 Å². The summed E-state index contributed by atoms with van der Waals surface area (Å²) in [5, 5.41) is 3.12. The van der Waals surface area contributed by atoms with Gasteiger partial charge in [0.05, 0.1) is 17.0 Å². The van der Waals surface area contributed by atoms with Gasteiger partial charge in [-0.05, 0) is 38.7 Å². The van der Waals surface area contributed by atoms with Crippen molar-refractivity contribution in [1.82, 2.24) is 4.98 Å². The van der Waals surface area contributed by atoms with Crippen LogP contribution >= 0.6 is 0 Å². The Labute approximate surface area is 101 Å². The predicted molar refractivity (Wildman–Crippen MR) is 65.6 cm³/mol. The number of nitrogens with one attached hydrogen (secondary N) is 1. The largest absolute Gasteiger partial charge is 0.382 e. The lowest BCUT2D eigenvalue weighted by Gasteiger charge is -2.40. The lowest BCUT2D eigenvalue weighted by Crippen LogP contribution is -2.40. The van der Waals surface area contributed by atoms with Crippen molar-refractivity contribution in [2.75, 3.05) is 19.0 Å². The van der Waals surface area contributed by atoms with Crippen molar-refractivity contribution in [3.63, 3.8) is 0 Å². The van der Waals surface area contributed by atoms with Crippen LogP contribution in [-0.2, 0) is 4.74 Å². The van der Waals surface area contributed by atoms with Crippen LogP contribution in [0.4, 0.5) is 10.1 Å². The molecule has 1 heterocycles. The molecule has 0 amide bonds. The Bertz CT molecular complexity index is 385. The van der Waals surface area contributed by atoms with Crippen LogP contribution in [0.15, 0.2) is 12.3 Å². The molecule has 3 nitrogen and oxygen atoms in total. The van der Waals surface area contributed by atoms with E-state index < -0.39 is 0 Å². The Kier molecular flexibility index (Phi) is 3.62. The van der Waals surface area contributed by atoms with Crippen molar-refractivity contribution >= 4 is 5.69 Å². The second kappa shape index (κ2) is 5.00. The molecular weight excluding hydrogens is 219 g/mol. The zero-order valence-corrected chi connectivity index (χ0v) is 10.4. The summed E-state index contributed by atoms with van der Waals surface area (Å²) in [7, 11) is 1.76. The SMILES string of the molecule is COC1(CCNc2ccnc(C)c2F)CCC1. The molecule has 4 heteroatoms. The molecule has 94 valence electrons. The smallest absolute Gasteiger partial charge is 0.167 e. The fourth-order valence-corrected chi connectivity index (χ4v) is 2.24. The van der Waals surface area contributed by atoms with Crippen molar-refractivity contribution in [3.8, 4) is 0 Å². The predicted octanol–water partition coefficient (Wildman–Crippen LogP) is 2.90. The highest BCUT2D eigenvalue weighted by molar-refractivity contribution is 5.44. The molecule has 0 aliphatic heterocycles. The van der Waals surface area contributed by atoms with Crippen LogP contribution in [0.1, 0.15) is 31.4 Å². The summed E-state index contributed by atoms with van der Waals surface area (Å²) < 4.78 is 19.2. The van der Waals surface area contributed by atoms with Crippen LogP contribution in [0.25, 0.3) is 0 Å². The number of rotatable bonds is 5. The highest BCUT2D eigenvalue weighted by Gasteiger charge is 2.36. The van der Waals surface area contributed by atoms with Gasteiger partial charge in [0, 0.05) is 19.9 Å². The number of methoxy groups -OCH3 is 1. The molecule has 17 heavy (non-hydrogen) atoms. The molecule has 0 radical (unpaired) electrons. The van der Waals surface area contributed by atoms with E-state index in [0.717, 1.165) is 25.8 Å². The first-order chi connectivity index (χ1) is 8.17. The average Bonchev–Trinajstić information content (AvgIpc) is 2.28. The van der Waals surface area contributed by atoms with E-state index >= 15 is 0 Å². The number of pyridine rings is 1. The number of halogens is 1. The molecule has 1 aliphatic rings. The minimum absolute atomic E-state index is 0.0333. The van der Waals surface area contributed by atoms with Gasteiger partial charge in [0.2, 0.25) is 0 Å². The van der Waals surface area contributed by atoms with Crippen LogP contribution in [-0.4, -0.2) is 24.2 Å². The molecule has 0 spiro atoms. The second-order valence-corrected chi connectivity index (χ2v) is 4.68. The molecule has 2 rings (SSSR count).